The largest absolute Gasteiger partial charge is 0.356 e. The van der Waals surface area contributed by atoms with E-state index in [0.717, 1.165) is 53.0 Å². The predicted octanol–water partition coefficient (Wildman–Crippen LogP) is 6.76. The fourth-order valence-electron chi connectivity index (χ4n) is 3.95. The Bertz CT molecular complexity index is 1070. The first-order chi connectivity index (χ1) is 14.2. The van der Waals surface area contributed by atoms with Gasteiger partial charge in [-0.3, -0.25) is 4.98 Å². The van der Waals surface area contributed by atoms with Gasteiger partial charge in [-0.1, -0.05) is 50.2 Å². The molecule has 2 aromatic carbocycles. The van der Waals surface area contributed by atoms with Crippen LogP contribution in [0.25, 0.3) is 33.7 Å². The van der Waals surface area contributed by atoms with Crippen molar-refractivity contribution in [3.63, 3.8) is 0 Å². The normalized spacial score (nSPS) is 11.0. The van der Waals surface area contributed by atoms with E-state index < -0.39 is 0 Å². The molecule has 4 rings (SSSR count). The minimum atomic E-state index is 0.824. The molecular weight excluding hydrogens is 356 g/mol. The van der Waals surface area contributed by atoms with E-state index in [9.17, 15) is 0 Å². The van der Waals surface area contributed by atoms with Gasteiger partial charge in [0.15, 0.2) is 5.76 Å². The summed E-state index contributed by atoms with van der Waals surface area (Å²) in [5, 5.41) is 4.33. The highest BCUT2D eigenvalue weighted by atomic mass is 16.5. The van der Waals surface area contributed by atoms with E-state index in [1.165, 1.54) is 16.7 Å². The second-order valence-electron chi connectivity index (χ2n) is 7.22. The van der Waals surface area contributed by atoms with Gasteiger partial charge < -0.3 is 4.52 Å². The summed E-state index contributed by atoms with van der Waals surface area (Å²) >= 11 is 0. The van der Waals surface area contributed by atoms with Crippen LogP contribution in [-0.2, 0) is 19.3 Å². The molecule has 0 fully saturated rings. The van der Waals surface area contributed by atoms with Gasteiger partial charge in [0.2, 0.25) is 0 Å². The predicted molar refractivity (Wildman–Crippen MR) is 119 cm³/mol. The van der Waals surface area contributed by atoms with Crippen molar-refractivity contribution in [3.8, 4) is 33.7 Å². The molecule has 4 aromatic rings. The molecule has 0 atom stereocenters. The molecule has 0 N–H and O–H groups in total. The second kappa shape index (κ2) is 8.44. The van der Waals surface area contributed by atoms with Gasteiger partial charge >= 0.3 is 0 Å². The number of hydrogen-bond donors (Lipinski definition) is 0. The summed E-state index contributed by atoms with van der Waals surface area (Å²) in [5.74, 6) is 0.824. The highest BCUT2D eigenvalue weighted by Gasteiger charge is 2.13. The van der Waals surface area contributed by atoms with Gasteiger partial charge in [-0.2, -0.15) is 0 Å². The summed E-state index contributed by atoms with van der Waals surface area (Å²) in [6.07, 6.45) is 6.75. The molecule has 0 aliphatic carbocycles. The molecule has 0 spiro atoms. The van der Waals surface area contributed by atoms with Crippen molar-refractivity contribution >= 4 is 0 Å². The summed E-state index contributed by atoms with van der Waals surface area (Å²) in [5.41, 5.74) is 9.63. The zero-order valence-corrected chi connectivity index (χ0v) is 17.3. The second-order valence-corrected chi connectivity index (χ2v) is 7.22. The molecule has 3 nitrogen and oxygen atoms in total. The molecule has 0 amide bonds. The van der Waals surface area contributed by atoms with Crippen LogP contribution >= 0.6 is 0 Å². The molecule has 0 aliphatic rings. The lowest BCUT2D eigenvalue weighted by molar-refractivity contribution is 0.435. The number of benzene rings is 2. The van der Waals surface area contributed by atoms with E-state index in [1.807, 2.05) is 30.6 Å². The number of rotatable bonds is 6. The number of aromatic nitrogens is 2. The quantitative estimate of drug-likeness (QED) is 0.370. The summed E-state index contributed by atoms with van der Waals surface area (Å²) in [6.45, 7) is 6.66. The molecular formula is C26H26N2O. The monoisotopic (exact) mass is 382 g/mol. The van der Waals surface area contributed by atoms with Crippen LogP contribution in [0.1, 0.15) is 37.5 Å². The van der Waals surface area contributed by atoms with Crippen LogP contribution in [0.2, 0.25) is 0 Å². The molecule has 0 radical (unpaired) electrons. The van der Waals surface area contributed by atoms with E-state index in [-0.39, 0.29) is 0 Å². The average Bonchev–Trinajstić information content (AvgIpc) is 3.29. The highest BCUT2D eigenvalue weighted by molar-refractivity contribution is 5.71. The molecule has 3 heteroatoms. The molecule has 2 heterocycles. The standard InChI is InChI=1S/C26H26N2O/c1-4-18-15-23(16-19(5-2)24(18)6-3)26-17-25(28-29-26)22-9-7-20(8-10-22)21-11-13-27-14-12-21/h7-17H,4-6H2,1-3H3. The number of aryl methyl sites for hydroxylation is 2. The maximum atomic E-state index is 5.73. The number of hydrogen-bond acceptors (Lipinski definition) is 3. The van der Waals surface area contributed by atoms with Crippen LogP contribution in [0, 0.1) is 0 Å². The zero-order chi connectivity index (χ0) is 20.2. The Hall–Kier alpha value is -3.20. The van der Waals surface area contributed by atoms with E-state index >= 15 is 0 Å². The van der Waals surface area contributed by atoms with Crippen LogP contribution in [0.4, 0.5) is 0 Å². The Balaban J connectivity index is 1.65. The van der Waals surface area contributed by atoms with Gasteiger partial charge in [-0.15, -0.1) is 0 Å². The zero-order valence-electron chi connectivity index (χ0n) is 17.3. The lowest BCUT2D eigenvalue weighted by atomic mass is 9.92. The maximum absolute atomic E-state index is 5.73. The van der Waals surface area contributed by atoms with Crippen LogP contribution in [-0.4, -0.2) is 10.1 Å². The van der Waals surface area contributed by atoms with Crippen molar-refractivity contribution in [2.75, 3.05) is 0 Å². The van der Waals surface area contributed by atoms with Crippen LogP contribution in [0.15, 0.2) is 71.5 Å². The maximum Gasteiger partial charge on any atom is 0.167 e. The fraction of sp³-hybridized carbons (Fsp3) is 0.231. The Kier molecular flexibility index (Phi) is 5.57. The smallest absolute Gasteiger partial charge is 0.167 e. The third-order valence-corrected chi connectivity index (χ3v) is 5.54. The lowest BCUT2D eigenvalue weighted by Gasteiger charge is -2.13. The molecule has 0 saturated heterocycles. The summed E-state index contributed by atoms with van der Waals surface area (Å²) < 4.78 is 5.73. The number of pyridine rings is 1. The van der Waals surface area contributed by atoms with Crippen molar-refractivity contribution in [1.29, 1.82) is 0 Å². The molecule has 0 aliphatic heterocycles. The van der Waals surface area contributed by atoms with Crippen LogP contribution in [0.3, 0.4) is 0 Å². The highest BCUT2D eigenvalue weighted by Crippen LogP contribution is 2.31. The molecule has 146 valence electrons. The Morgan fingerprint density at radius 3 is 1.83 bits per heavy atom. The van der Waals surface area contributed by atoms with E-state index in [4.69, 9.17) is 4.52 Å². The van der Waals surface area contributed by atoms with Gasteiger partial charge in [-0.05, 0) is 71.3 Å². The van der Waals surface area contributed by atoms with Gasteiger partial charge in [-0.25, -0.2) is 0 Å². The first-order valence-corrected chi connectivity index (χ1v) is 10.4. The van der Waals surface area contributed by atoms with Gasteiger partial charge in [0.05, 0.1) is 0 Å². The minimum Gasteiger partial charge on any atom is -0.356 e. The van der Waals surface area contributed by atoms with E-state index in [0.29, 0.717) is 0 Å². The fourth-order valence-corrected chi connectivity index (χ4v) is 3.95. The summed E-state index contributed by atoms with van der Waals surface area (Å²) in [6, 6.07) is 19.0. The summed E-state index contributed by atoms with van der Waals surface area (Å²) in [4.78, 5) is 4.08. The lowest BCUT2D eigenvalue weighted by Crippen LogP contribution is -1.98. The van der Waals surface area contributed by atoms with Gasteiger partial charge in [0.1, 0.15) is 5.69 Å². The van der Waals surface area contributed by atoms with Gasteiger partial charge in [0.25, 0.3) is 0 Å². The molecule has 2 aromatic heterocycles. The van der Waals surface area contributed by atoms with Crippen molar-refractivity contribution in [1.82, 2.24) is 10.1 Å². The molecule has 0 unspecified atom stereocenters. The molecule has 0 saturated carbocycles. The van der Waals surface area contributed by atoms with E-state index in [1.54, 1.807) is 0 Å². The molecule has 0 bridgehead atoms. The Morgan fingerprint density at radius 1 is 0.655 bits per heavy atom. The van der Waals surface area contributed by atoms with Crippen molar-refractivity contribution in [2.24, 2.45) is 0 Å². The molecule has 29 heavy (non-hydrogen) atoms. The van der Waals surface area contributed by atoms with Crippen LogP contribution in [0.5, 0.6) is 0 Å². The first kappa shape index (κ1) is 19.1. The van der Waals surface area contributed by atoms with Gasteiger partial charge in [0, 0.05) is 29.6 Å². The number of nitrogens with zero attached hydrogens (tertiary/aromatic N) is 2. The topological polar surface area (TPSA) is 38.9 Å². The first-order valence-electron chi connectivity index (χ1n) is 10.4. The average molecular weight is 383 g/mol. The van der Waals surface area contributed by atoms with Crippen LogP contribution < -0.4 is 0 Å². The van der Waals surface area contributed by atoms with Crippen molar-refractivity contribution in [3.05, 3.63) is 83.7 Å². The third-order valence-electron chi connectivity index (χ3n) is 5.54. The Labute approximate surface area is 172 Å². The Morgan fingerprint density at radius 2 is 1.24 bits per heavy atom. The summed E-state index contributed by atoms with van der Waals surface area (Å²) in [7, 11) is 0. The van der Waals surface area contributed by atoms with Crippen molar-refractivity contribution in [2.45, 2.75) is 40.0 Å². The third kappa shape index (κ3) is 3.86. The van der Waals surface area contributed by atoms with E-state index in [2.05, 4.69) is 67.3 Å². The van der Waals surface area contributed by atoms with Crippen molar-refractivity contribution < 1.29 is 4.52 Å². The SMILES string of the molecule is CCc1cc(-c2cc(-c3ccc(-c4ccncc4)cc3)no2)cc(CC)c1CC. The minimum absolute atomic E-state index is 0.824.